The SMILES string of the molecule is C#C/C(=C\C=C(/C)Nc1cccc2c1C1=C(C=CCC1)C2(c1ccccc1)c1ccccc1)c1ccc2c(c1)C(c1ccccc1)(c1ccccc1)c1ccccc1-2. The topological polar surface area (TPSA) is 12.0 Å². The van der Waals surface area contributed by atoms with Crippen LogP contribution in [0.1, 0.15) is 69.8 Å². The lowest BCUT2D eigenvalue weighted by Gasteiger charge is -2.35. The lowest BCUT2D eigenvalue weighted by atomic mass is 9.66. The van der Waals surface area contributed by atoms with Crippen LogP contribution in [0.25, 0.3) is 22.3 Å². The van der Waals surface area contributed by atoms with Crippen LogP contribution in [0.5, 0.6) is 0 Å². The molecule has 0 atom stereocenters. The molecule has 10 rings (SSSR count). The van der Waals surface area contributed by atoms with Gasteiger partial charge in [-0.05, 0) is 111 Å². The quantitative estimate of drug-likeness (QED) is 0.121. The molecule has 276 valence electrons. The van der Waals surface area contributed by atoms with Crippen LogP contribution in [0.3, 0.4) is 0 Å². The molecule has 0 saturated heterocycles. The lowest BCUT2D eigenvalue weighted by Crippen LogP contribution is -2.29. The van der Waals surface area contributed by atoms with Crippen molar-refractivity contribution >= 4 is 16.8 Å². The zero-order valence-corrected chi connectivity index (χ0v) is 32.6. The molecule has 3 aliphatic carbocycles. The monoisotopic (exact) mass is 741 g/mol. The third kappa shape index (κ3) is 5.33. The maximum absolute atomic E-state index is 6.37. The molecule has 1 N–H and O–H groups in total. The van der Waals surface area contributed by atoms with Crippen LogP contribution in [0.15, 0.2) is 218 Å². The molecule has 0 fully saturated rings. The molecular weight excluding hydrogens is 699 g/mol. The van der Waals surface area contributed by atoms with Crippen molar-refractivity contribution in [2.24, 2.45) is 0 Å². The fourth-order valence-electron chi connectivity index (χ4n) is 10.2. The first kappa shape index (κ1) is 35.3. The molecule has 1 heteroatoms. The Morgan fingerprint density at radius 3 is 1.74 bits per heavy atom. The number of anilines is 1. The highest BCUT2D eigenvalue weighted by atomic mass is 14.9. The molecule has 0 aromatic heterocycles. The van der Waals surface area contributed by atoms with E-state index in [1.54, 1.807) is 0 Å². The third-order valence-electron chi connectivity index (χ3n) is 12.5. The van der Waals surface area contributed by atoms with Gasteiger partial charge in [0.25, 0.3) is 0 Å². The van der Waals surface area contributed by atoms with Crippen molar-refractivity contribution < 1.29 is 0 Å². The van der Waals surface area contributed by atoms with Gasteiger partial charge < -0.3 is 5.32 Å². The number of allylic oxidation sites excluding steroid dienone is 8. The minimum absolute atomic E-state index is 0.405. The zero-order valence-electron chi connectivity index (χ0n) is 32.6. The van der Waals surface area contributed by atoms with Gasteiger partial charge >= 0.3 is 0 Å². The molecule has 0 bridgehead atoms. The minimum atomic E-state index is -0.484. The van der Waals surface area contributed by atoms with Gasteiger partial charge in [-0.15, -0.1) is 6.42 Å². The van der Waals surface area contributed by atoms with E-state index in [1.165, 1.54) is 66.8 Å². The van der Waals surface area contributed by atoms with Crippen molar-refractivity contribution in [3.05, 3.63) is 268 Å². The van der Waals surface area contributed by atoms with Gasteiger partial charge in [-0.2, -0.15) is 0 Å². The maximum atomic E-state index is 6.37. The minimum Gasteiger partial charge on any atom is -0.359 e. The molecular formula is C57H43N. The van der Waals surface area contributed by atoms with Crippen molar-refractivity contribution in [3.8, 4) is 23.5 Å². The molecule has 0 unspecified atom stereocenters. The molecule has 0 heterocycles. The second-order valence-electron chi connectivity index (χ2n) is 15.5. The summed E-state index contributed by atoms with van der Waals surface area (Å²) >= 11 is 0. The summed E-state index contributed by atoms with van der Waals surface area (Å²) in [5.41, 5.74) is 18.6. The zero-order chi connectivity index (χ0) is 39.1. The lowest BCUT2D eigenvalue weighted by molar-refractivity contribution is 0.757. The van der Waals surface area contributed by atoms with Crippen LogP contribution in [-0.4, -0.2) is 0 Å². The summed E-state index contributed by atoms with van der Waals surface area (Å²) in [6, 6.07) is 66.2. The van der Waals surface area contributed by atoms with E-state index in [-0.39, 0.29) is 0 Å². The van der Waals surface area contributed by atoms with Gasteiger partial charge in [-0.1, -0.05) is 188 Å². The summed E-state index contributed by atoms with van der Waals surface area (Å²) in [5.74, 6) is 3.06. The Kier molecular flexibility index (Phi) is 8.77. The van der Waals surface area contributed by atoms with E-state index in [2.05, 4.69) is 224 Å². The highest BCUT2D eigenvalue weighted by Crippen LogP contribution is 2.59. The van der Waals surface area contributed by atoms with Crippen molar-refractivity contribution in [1.82, 2.24) is 0 Å². The molecule has 58 heavy (non-hydrogen) atoms. The predicted molar refractivity (Wildman–Crippen MR) is 242 cm³/mol. The van der Waals surface area contributed by atoms with Crippen LogP contribution >= 0.6 is 0 Å². The van der Waals surface area contributed by atoms with Crippen molar-refractivity contribution in [2.75, 3.05) is 5.32 Å². The first-order valence-electron chi connectivity index (χ1n) is 20.3. The van der Waals surface area contributed by atoms with E-state index in [0.29, 0.717) is 0 Å². The molecule has 7 aromatic carbocycles. The smallest absolute Gasteiger partial charge is 0.0713 e. The van der Waals surface area contributed by atoms with E-state index in [0.717, 1.165) is 35.4 Å². The summed E-state index contributed by atoms with van der Waals surface area (Å²) in [7, 11) is 0. The Hall–Kier alpha value is -7.14. The van der Waals surface area contributed by atoms with Gasteiger partial charge in [-0.25, -0.2) is 0 Å². The first-order chi connectivity index (χ1) is 28.7. The molecule has 0 aliphatic heterocycles. The maximum Gasteiger partial charge on any atom is 0.0713 e. The molecule has 0 radical (unpaired) electrons. The second kappa shape index (κ2) is 14.4. The van der Waals surface area contributed by atoms with Gasteiger partial charge in [0.15, 0.2) is 0 Å². The second-order valence-corrected chi connectivity index (χ2v) is 15.5. The van der Waals surface area contributed by atoms with Crippen LogP contribution in [0.4, 0.5) is 5.69 Å². The Bertz CT molecular complexity index is 2770. The number of rotatable bonds is 8. The summed E-state index contributed by atoms with van der Waals surface area (Å²) in [4.78, 5) is 0. The molecule has 0 spiro atoms. The molecule has 0 saturated carbocycles. The third-order valence-corrected chi connectivity index (χ3v) is 12.5. The van der Waals surface area contributed by atoms with E-state index in [9.17, 15) is 0 Å². The van der Waals surface area contributed by atoms with Gasteiger partial charge in [-0.3, -0.25) is 0 Å². The largest absolute Gasteiger partial charge is 0.359 e. The molecule has 1 nitrogen and oxygen atoms in total. The van der Waals surface area contributed by atoms with Crippen LogP contribution < -0.4 is 5.32 Å². The summed E-state index contributed by atoms with van der Waals surface area (Å²) in [5, 5.41) is 3.85. The van der Waals surface area contributed by atoms with Crippen LogP contribution in [-0.2, 0) is 10.8 Å². The number of fused-ring (bicyclic) bond motifs is 5. The van der Waals surface area contributed by atoms with Crippen LogP contribution in [0, 0.1) is 12.3 Å². The van der Waals surface area contributed by atoms with Crippen molar-refractivity contribution in [1.29, 1.82) is 0 Å². The summed E-state index contributed by atoms with van der Waals surface area (Å²) < 4.78 is 0. The van der Waals surface area contributed by atoms with Crippen molar-refractivity contribution in [2.45, 2.75) is 30.6 Å². The predicted octanol–water partition coefficient (Wildman–Crippen LogP) is 13.5. The number of benzene rings is 7. The highest BCUT2D eigenvalue weighted by Gasteiger charge is 2.48. The molecule has 7 aromatic rings. The van der Waals surface area contributed by atoms with E-state index in [4.69, 9.17) is 6.42 Å². The van der Waals surface area contributed by atoms with Crippen LogP contribution in [0.2, 0.25) is 0 Å². The van der Waals surface area contributed by atoms with Gasteiger partial charge in [0.05, 0.1) is 10.8 Å². The normalized spacial score (nSPS) is 15.9. The fourth-order valence-corrected chi connectivity index (χ4v) is 10.2. The number of hydrogen-bond donors (Lipinski definition) is 1. The number of terminal acetylenes is 1. The molecule has 3 aliphatic rings. The number of nitrogens with one attached hydrogen (secondary N) is 1. The standard InChI is InChI=1S/C57H43N/c1-3-41(42-37-38-48-47-29-16-18-31-50(47)57(53(48)39-42,45-25-12-6-13-26-45)46-27-14-7-15-28-46)36-35-40(2)58-54-34-20-33-52-55(54)49-30-17-19-32-51(49)56(52,43-21-8-4-9-22-43)44-23-10-5-11-24-44/h1,4-16,18-29,31-39,58H,17,30H2,2H3/b40-35+,41-36+. The molecule has 0 amide bonds. The number of hydrogen-bond acceptors (Lipinski definition) is 1. The van der Waals surface area contributed by atoms with Gasteiger partial charge in [0.2, 0.25) is 0 Å². The van der Waals surface area contributed by atoms with Crippen molar-refractivity contribution in [3.63, 3.8) is 0 Å². The average molecular weight is 742 g/mol. The summed E-state index contributed by atoms with van der Waals surface area (Å²) in [6.07, 6.45) is 17.3. The highest BCUT2D eigenvalue weighted by molar-refractivity contribution is 5.94. The average Bonchev–Trinajstić information content (AvgIpc) is 3.77. The Morgan fingerprint density at radius 2 is 1.12 bits per heavy atom. The Balaban J connectivity index is 1.06. The summed E-state index contributed by atoms with van der Waals surface area (Å²) in [6.45, 7) is 2.13. The fraction of sp³-hybridized carbons (Fsp3) is 0.0877. The Morgan fingerprint density at radius 1 is 0.569 bits per heavy atom. The van der Waals surface area contributed by atoms with E-state index >= 15 is 0 Å². The van der Waals surface area contributed by atoms with Gasteiger partial charge in [0.1, 0.15) is 0 Å². The van der Waals surface area contributed by atoms with E-state index < -0.39 is 10.8 Å². The van der Waals surface area contributed by atoms with Gasteiger partial charge in [0, 0.05) is 22.5 Å². The van der Waals surface area contributed by atoms with E-state index in [1.807, 2.05) is 0 Å². The Labute approximate surface area is 342 Å². The first-order valence-corrected chi connectivity index (χ1v) is 20.3.